The van der Waals surface area contributed by atoms with Gasteiger partial charge in [-0.2, -0.15) is 0 Å². The van der Waals surface area contributed by atoms with E-state index < -0.39 is 0 Å². The minimum Gasteiger partial charge on any atom is -0.355 e. The van der Waals surface area contributed by atoms with Crippen LogP contribution in [0.25, 0.3) is 0 Å². The predicted octanol–water partition coefficient (Wildman–Crippen LogP) is 3.28. The Morgan fingerprint density at radius 1 is 0.944 bits per heavy atom. The molecule has 0 unspecified atom stereocenters. The van der Waals surface area contributed by atoms with Crippen molar-refractivity contribution in [3.63, 3.8) is 0 Å². The smallest absolute Gasteiger partial charge is 0.0423 e. The molecule has 0 amide bonds. The molecule has 1 saturated carbocycles. The van der Waals surface area contributed by atoms with Crippen molar-refractivity contribution in [1.82, 2.24) is 0 Å². The molecule has 0 atom stereocenters. The fraction of sp³-hybridized carbons (Fsp3) is 0.250. The van der Waals surface area contributed by atoms with Crippen LogP contribution in [0.2, 0.25) is 0 Å². The van der Waals surface area contributed by atoms with Gasteiger partial charge in [-0.15, -0.1) is 0 Å². The van der Waals surface area contributed by atoms with Crippen LogP contribution in [0.4, 0.5) is 11.4 Å². The largest absolute Gasteiger partial charge is 0.355 e. The Labute approximate surface area is 107 Å². The Hall–Kier alpha value is -1.80. The van der Waals surface area contributed by atoms with Crippen molar-refractivity contribution < 1.29 is 0 Å². The topological polar surface area (TPSA) is 38.0 Å². The van der Waals surface area contributed by atoms with Crippen molar-refractivity contribution in [3.05, 3.63) is 59.2 Å². The van der Waals surface area contributed by atoms with Crippen LogP contribution in [0.3, 0.4) is 0 Å². The molecule has 1 fully saturated rings. The Bertz CT molecular complexity index is 627. The monoisotopic (exact) mass is 236 g/mol. The number of benzene rings is 2. The van der Waals surface area contributed by atoms with E-state index in [0.717, 1.165) is 19.3 Å². The molecule has 0 saturated heterocycles. The second kappa shape index (κ2) is 3.36. The summed E-state index contributed by atoms with van der Waals surface area (Å²) in [5, 5.41) is 3.53. The number of nitrogens with two attached hydrogens (primary N) is 1. The minimum absolute atomic E-state index is 0.0562. The van der Waals surface area contributed by atoms with Gasteiger partial charge < -0.3 is 11.1 Å². The van der Waals surface area contributed by atoms with Crippen LogP contribution in [0, 0.1) is 0 Å². The lowest BCUT2D eigenvalue weighted by atomic mass is 9.89. The fourth-order valence-corrected chi connectivity index (χ4v) is 2.90. The molecule has 0 aromatic heterocycles. The van der Waals surface area contributed by atoms with Gasteiger partial charge in [-0.25, -0.2) is 0 Å². The molecular weight excluding hydrogens is 220 g/mol. The Balaban J connectivity index is 1.86. The molecule has 1 aliphatic heterocycles. The highest BCUT2D eigenvalue weighted by molar-refractivity contribution is 5.73. The first-order chi connectivity index (χ1) is 8.76. The van der Waals surface area contributed by atoms with Gasteiger partial charge in [0.05, 0.1) is 0 Å². The zero-order chi connectivity index (χ0) is 12.2. The molecule has 2 heteroatoms. The molecule has 0 radical (unpaired) electrons. The van der Waals surface area contributed by atoms with Crippen molar-refractivity contribution >= 4 is 11.4 Å². The standard InChI is InChI=1S/C16H16N2/c17-16(8-9-16)13-5-3-7-15-12(13)10-11-4-1-2-6-14(11)18-15/h1-7,18H,8-10,17H2. The van der Waals surface area contributed by atoms with E-state index in [0.29, 0.717) is 0 Å². The Morgan fingerprint density at radius 2 is 1.72 bits per heavy atom. The molecule has 1 heterocycles. The molecule has 2 nitrogen and oxygen atoms in total. The SMILES string of the molecule is NC1(c2cccc3c2Cc2ccccc2N3)CC1. The zero-order valence-corrected chi connectivity index (χ0v) is 10.2. The second-order valence-electron chi connectivity index (χ2n) is 5.45. The lowest BCUT2D eigenvalue weighted by Crippen LogP contribution is -2.22. The molecule has 2 aromatic rings. The van der Waals surface area contributed by atoms with Gasteiger partial charge in [-0.1, -0.05) is 30.3 Å². The first-order valence-corrected chi connectivity index (χ1v) is 6.52. The van der Waals surface area contributed by atoms with Crippen molar-refractivity contribution in [2.75, 3.05) is 5.32 Å². The average Bonchev–Trinajstić information content (AvgIpc) is 3.15. The van der Waals surface area contributed by atoms with Crippen LogP contribution in [0.5, 0.6) is 0 Å². The van der Waals surface area contributed by atoms with Crippen LogP contribution in [-0.4, -0.2) is 0 Å². The molecule has 4 rings (SSSR count). The van der Waals surface area contributed by atoms with Crippen LogP contribution >= 0.6 is 0 Å². The summed E-state index contributed by atoms with van der Waals surface area (Å²) < 4.78 is 0. The summed E-state index contributed by atoms with van der Waals surface area (Å²) in [5.74, 6) is 0. The molecule has 0 spiro atoms. The van der Waals surface area contributed by atoms with Crippen LogP contribution < -0.4 is 11.1 Å². The van der Waals surface area contributed by atoms with Gasteiger partial charge in [-0.05, 0) is 41.7 Å². The van der Waals surface area contributed by atoms with E-state index in [1.54, 1.807) is 0 Å². The van der Waals surface area contributed by atoms with Gasteiger partial charge in [0, 0.05) is 23.3 Å². The van der Waals surface area contributed by atoms with Gasteiger partial charge in [-0.3, -0.25) is 0 Å². The third-order valence-corrected chi connectivity index (χ3v) is 4.16. The number of nitrogens with one attached hydrogen (secondary N) is 1. The van der Waals surface area contributed by atoms with Gasteiger partial charge in [0.15, 0.2) is 0 Å². The maximum Gasteiger partial charge on any atom is 0.0423 e. The number of para-hydroxylation sites is 1. The Kier molecular flexibility index (Phi) is 1.90. The number of hydrogen-bond acceptors (Lipinski definition) is 2. The molecule has 90 valence electrons. The maximum absolute atomic E-state index is 6.38. The maximum atomic E-state index is 6.38. The number of rotatable bonds is 1. The van der Waals surface area contributed by atoms with E-state index in [9.17, 15) is 0 Å². The lowest BCUT2D eigenvalue weighted by Gasteiger charge is -2.25. The summed E-state index contributed by atoms with van der Waals surface area (Å²) in [7, 11) is 0. The summed E-state index contributed by atoms with van der Waals surface area (Å²) >= 11 is 0. The van der Waals surface area contributed by atoms with E-state index in [2.05, 4.69) is 47.8 Å². The lowest BCUT2D eigenvalue weighted by molar-refractivity contribution is 0.729. The number of hydrogen-bond donors (Lipinski definition) is 2. The minimum atomic E-state index is -0.0562. The fourth-order valence-electron chi connectivity index (χ4n) is 2.90. The summed E-state index contributed by atoms with van der Waals surface area (Å²) in [4.78, 5) is 0. The third-order valence-electron chi connectivity index (χ3n) is 4.16. The molecule has 2 aromatic carbocycles. The third kappa shape index (κ3) is 1.39. The number of fused-ring (bicyclic) bond motifs is 2. The van der Waals surface area contributed by atoms with Crippen LogP contribution in [0.15, 0.2) is 42.5 Å². The summed E-state index contributed by atoms with van der Waals surface area (Å²) in [6, 6.07) is 15.0. The first kappa shape index (κ1) is 10.2. The van der Waals surface area contributed by atoms with E-state index in [1.807, 2.05) is 0 Å². The van der Waals surface area contributed by atoms with Crippen molar-refractivity contribution in [1.29, 1.82) is 0 Å². The number of anilines is 2. The highest BCUT2D eigenvalue weighted by atomic mass is 14.9. The predicted molar refractivity (Wildman–Crippen MR) is 74.1 cm³/mol. The molecule has 1 aliphatic carbocycles. The van der Waals surface area contributed by atoms with Crippen molar-refractivity contribution in [3.8, 4) is 0 Å². The molecule has 3 N–H and O–H groups in total. The van der Waals surface area contributed by atoms with Gasteiger partial charge in [0.2, 0.25) is 0 Å². The summed E-state index contributed by atoms with van der Waals surface area (Å²) in [5.41, 5.74) is 12.9. The quantitative estimate of drug-likeness (QED) is 0.680. The van der Waals surface area contributed by atoms with E-state index in [1.165, 1.54) is 28.1 Å². The van der Waals surface area contributed by atoms with E-state index in [4.69, 9.17) is 5.73 Å². The summed E-state index contributed by atoms with van der Waals surface area (Å²) in [6.07, 6.45) is 3.23. The zero-order valence-electron chi connectivity index (χ0n) is 10.2. The molecule has 18 heavy (non-hydrogen) atoms. The average molecular weight is 236 g/mol. The molecule has 2 aliphatic rings. The van der Waals surface area contributed by atoms with Gasteiger partial charge >= 0.3 is 0 Å². The highest BCUT2D eigenvalue weighted by Gasteiger charge is 2.42. The van der Waals surface area contributed by atoms with Crippen molar-refractivity contribution in [2.24, 2.45) is 5.73 Å². The molecule has 0 bridgehead atoms. The Morgan fingerprint density at radius 3 is 2.56 bits per heavy atom. The van der Waals surface area contributed by atoms with Gasteiger partial charge in [0.25, 0.3) is 0 Å². The second-order valence-corrected chi connectivity index (χ2v) is 5.45. The van der Waals surface area contributed by atoms with Gasteiger partial charge in [0.1, 0.15) is 0 Å². The van der Waals surface area contributed by atoms with Crippen LogP contribution in [-0.2, 0) is 12.0 Å². The highest BCUT2D eigenvalue weighted by Crippen LogP contribution is 2.47. The van der Waals surface area contributed by atoms with E-state index >= 15 is 0 Å². The normalized spacial score (nSPS) is 18.5. The van der Waals surface area contributed by atoms with E-state index in [-0.39, 0.29) is 5.54 Å². The first-order valence-electron chi connectivity index (χ1n) is 6.52. The summed E-state index contributed by atoms with van der Waals surface area (Å²) in [6.45, 7) is 0. The van der Waals surface area contributed by atoms with Crippen LogP contribution in [0.1, 0.15) is 29.5 Å². The van der Waals surface area contributed by atoms with Crippen molar-refractivity contribution in [2.45, 2.75) is 24.8 Å². The molecular formula is C16H16N2.